The maximum atomic E-state index is 12.3. The van der Waals surface area contributed by atoms with Crippen LogP contribution in [0.5, 0.6) is 0 Å². The zero-order valence-electron chi connectivity index (χ0n) is 13.9. The first kappa shape index (κ1) is 20.2. The normalized spacial score (nSPS) is 11.4. The van der Waals surface area contributed by atoms with Gasteiger partial charge in [0.1, 0.15) is 0 Å². The Morgan fingerprint density at radius 2 is 1.58 bits per heavy atom. The van der Waals surface area contributed by atoms with Crippen molar-refractivity contribution in [3.63, 3.8) is 0 Å². The molecular weight excluding hydrogens is 324 g/mol. The number of hydrogen-bond acceptors (Lipinski definition) is 3. The molecule has 0 aromatic heterocycles. The van der Waals surface area contributed by atoms with Gasteiger partial charge in [-0.05, 0) is 17.5 Å². The number of benzene rings is 2. The molecule has 2 rings (SSSR count). The molecular formula is C19H25ClN2O2. The molecule has 0 aliphatic heterocycles. The van der Waals surface area contributed by atoms with E-state index in [0.29, 0.717) is 26.2 Å². The summed E-state index contributed by atoms with van der Waals surface area (Å²) in [6.07, 6.45) is 0.550. The Morgan fingerprint density at radius 1 is 1.04 bits per heavy atom. The van der Waals surface area contributed by atoms with Crippen molar-refractivity contribution in [1.29, 1.82) is 0 Å². The van der Waals surface area contributed by atoms with Crippen LogP contribution in [0.3, 0.4) is 0 Å². The van der Waals surface area contributed by atoms with Gasteiger partial charge in [-0.3, -0.25) is 4.79 Å². The highest BCUT2D eigenvalue weighted by Gasteiger charge is 2.18. The highest BCUT2D eigenvalue weighted by Crippen LogP contribution is 2.04. The third-order valence-corrected chi connectivity index (χ3v) is 3.67. The Bertz CT molecular complexity index is 593. The van der Waals surface area contributed by atoms with Gasteiger partial charge in [-0.25, -0.2) is 0 Å². The van der Waals surface area contributed by atoms with Gasteiger partial charge in [-0.2, -0.15) is 0 Å². The average molecular weight is 349 g/mol. The lowest BCUT2D eigenvalue weighted by molar-refractivity contribution is -0.132. The van der Waals surface area contributed by atoms with Gasteiger partial charge in [0.25, 0.3) is 0 Å². The molecule has 1 atom stereocenters. The average Bonchev–Trinajstić information content (AvgIpc) is 2.59. The first-order valence-electron chi connectivity index (χ1n) is 7.83. The van der Waals surface area contributed by atoms with Gasteiger partial charge in [0, 0.05) is 13.6 Å². The summed E-state index contributed by atoms with van der Waals surface area (Å²) in [5.74, 6) is -0.0582. The summed E-state index contributed by atoms with van der Waals surface area (Å²) < 4.78 is 5.60. The van der Waals surface area contributed by atoms with Crippen molar-refractivity contribution in [2.24, 2.45) is 5.73 Å². The van der Waals surface area contributed by atoms with Crippen molar-refractivity contribution in [3.8, 4) is 0 Å². The minimum atomic E-state index is -0.517. The van der Waals surface area contributed by atoms with E-state index in [9.17, 15) is 4.79 Å². The predicted molar refractivity (Wildman–Crippen MR) is 99.1 cm³/mol. The highest BCUT2D eigenvalue weighted by atomic mass is 35.5. The number of hydrogen-bond donors (Lipinski definition) is 1. The van der Waals surface area contributed by atoms with Gasteiger partial charge < -0.3 is 15.4 Å². The Hall–Kier alpha value is -1.88. The molecule has 0 saturated carbocycles. The molecule has 2 N–H and O–H groups in total. The maximum absolute atomic E-state index is 12.3. The Balaban J connectivity index is 0.00000288. The second kappa shape index (κ2) is 10.8. The van der Waals surface area contributed by atoms with Gasteiger partial charge >= 0.3 is 0 Å². The summed E-state index contributed by atoms with van der Waals surface area (Å²) in [6.45, 7) is 1.59. The van der Waals surface area contributed by atoms with E-state index in [2.05, 4.69) is 0 Å². The molecule has 2 aromatic rings. The molecule has 130 valence electrons. The summed E-state index contributed by atoms with van der Waals surface area (Å²) in [6, 6.07) is 19.3. The maximum Gasteiger partial charge on any atom is 0.239 e. The molecule has 1 amide bonds. The second-order valence-corrected chi connectivity index (χ2v) is 5.59. The van der Waals surface area contributed by atoms with Crippen LogP contribution >= 0.6 is 12.4 Å². The van der Waals surface area contributed by atoms with E-state index in [1.165, 1.54) is 0 Å². The van der Waals surface area contributed by atoms with Gasteiger partial charge in [0.15, 0.2) is 0 Å². The van der Waals surface area contributed by atoms with Gasteiger partial charge in [0.05, 0.1) is 19.3 Å². The molecule has 0 unspecified atom stereocenters. The van der Waals surface area contributed by atoms with Crippen molar-refractivity contribution in [2.75, 3.05) is 20.2 Å². The molecule has 24 heavy (non-hydrogen) atoms. The molecule has 0 saturated heterocycles. The van der Waals surface area contributed by atoms with Crippen LogP contribution in [0.1, 0.15) is 11.1 Å². The summed E-state index contributed by atoms with van der Waals surface area (Å²) in [5.41, 5.74) is 8.21. The zero-order chi connectivity index (χ0) is 16.5. The Kier molecular flexibility index (Phi) is 9.08. The van der Waals surface area contributed by atoms with E-state index in [-0.39, 0.29) is 18.3 Å². The van der Waals surface area contributed by atoms with E-state index in [0.717, 1.165) is 11.1 Å². The molecule has 0 aliphatic carbocycles. The third kappa shape index (κ3) is 6.71. The minimum Gasteiger partial charge on any atom is -0.375 e. The number of nitrogens with two attached hydrogens (primary N) is 1. The molecule has 0 bridgehead atoms. The number of halogens is 1. The minimum absolute atomic E-state index is 0. The lowest BCUT2D eigenvalue weighted by atomic mass is 10.1. The number of amides is 1. The molecule has 4 nitrogen and oxygen atoms in total. The van der Waals surface area contributed by atoms with Crippen LogP contribution in [0, 0.1) is 0 Å². The van der Waals surface area contributed by atoms with Crippen molar-refractivity contribution in [2.45, 2.75) is 19.1 Å². The number of carbonyl (C=O) groups is 1. The van der Waals surface area contributed by atoms with Crippen molar-refractivity contribution in [3.05, 3.63) is 71.8 Å². The summed E-state index contributed by atoms with van der Waals surface area (Å²) in [7, 11) is 1.76. The van der Waals surface area contributed by atoms with E-state index in [1.54, 1.807) is 11.9 Å². The van der Waals surface area contributed by atoms with Gasteiger partial charge in [-0.15, -0.1) is 12.4 Å². The van der Waals surface area contributed by atoms with E-state index in [1.807, 2.05) is 60.7 Å². The Labute approximate surface area is 150 Å². The lowest BCUT2D eigenvalue weighted by Crippen LogP contribution is -2.44. The summed E-state index contributed by atoms with van der Waals surface area (Å²) in [4.78, 5) is 13.9. The molecule has 0 radical (unpaired) electrons. The topological polar surface area (TPSA) is 55.6 Å². The van der Waals surface area contributed by atoms with Crippen LogP contribution in [0.2, 0.25) is 0 Å². The van der Waals surface area contributed by atoms with Crippen LogP contribution < -0.4 is 5.73 Å². The standard InChI is InChI=1S/C19H24N2O2.ClH/c1-21(12-13-23-15-17-10-6-3-7-11-17)19(22)18(20)14-16-8-4-2-5-9-16;/h2-11,18H,12-15,20H2,1H3;1H/t18-;/m0./s1. The van der Waals surface area contributed by atoms with Crippen molar-refractivity contribution >= 4 is 18.3 Å². The summed E-state index contributed by atoms with van der Waals surface area (Å²) in [5, 5.41) is 0. The second-order valence-electron chi connectivity index (χ2n) is 5.59. The fourth-order valence-corrected chi connectivity index (χ4v) is 2.31. The van der Waals surface area contributed by atoms with Crippen molar-refractivity contribution in [1.82, 2.24) is 4.90 Å². The monoisotopic (exact) mass is 348 g/mol. The van der Waals surface area contributed by atoms with E-state index >= 15 is 0 Å². The first-order chi connectivity index (χ1) is 11.2. The summed E-state index contributed by atoms with van der Waals surface area (Å²) >= 11 is 0. The van der Waals surface area contributed by atoms with Crippen LogP contribution in [0.15, 0.2) is 60.7 Å². The van der Waals surface area contributed by atoms with Gasteiger partial charge in [0.2, 0.25) is 5.91 Å². The first-order valence-corrected chi connectivity index (χ1v) is 7.83. The number of likely N-dealkylation sites (N-methyl/N-ethyl adjacent to an activating group) is 1. The quantitative estimate of drug-likeness (QED) is 0.746. The van der Waals surface area contributed by atoms with E-state index in [4.69, 9.17) is 10.5 Å². The molecule has 2 aromatic carbocycles. The predicted octanol–water partition coefficient (Wildman–Crippen LogP) is 2.65. The molecule has 0 fully saturated rings. The lowest BCUT2D eigenvalue weighted by Gasteiger charge is -2.21. The number of nitrogens with zero attached hydrogens (tertiary/aromatic N) is 1. The highest BCUT2D eigenvalue weighted by molar-refractivity contribution is 5.85. The number of carbonyl (C=O) groups excluding carboxylic acids is 1. The zero-order valence-corrected chi connectivity index (χ0v) is 14.7. The van der Waals surface area contributed by atoms with E-state index < -0.39 is 6.04 Å². The van der Waals surface area contributed by atoms with Gasteiger partial charge in [-0.1, -0.05) is 60.7 Å². The van der Waals surface area contributed by atoms with Crippen molar-refractivity contribution < 1.29 is 9.53 Å². The van der Waals surface area contributed by atoms with Crippen LogP contribution in [-0.4, -0.2) is 37.0 Å². The SMILES string of the molecule is CN(CCOCc1ccccc1)C(=O)[C@@H](N)Cc1ccccc1.Cl. The van der Waals surface area contributed by atoms with Crippen LogP contribution in [0.25, 0.3) is 0 Å². The molecule has 0 aliphatic rings. The molecule has 0 spiro atoms. The molecule has 0 heterocycles. The fourth-order valence-electron chi connectivity index (χ4n) is 2.31. The smallest absolute Gasteiger partial charge is 0.239 e. The van der Waals surface area contributed by atoms with Crippen LogP contribution in [0.4, 0.5) is 0 Å². The number of ether oxygens (including phenoxy) is 1. The third-order valence-electron chi connectivity index (χ3n) is 3.67. The largest absolute Gasteiger partial charge is 0.375 e. The van der Waals surface area contributed by atoms with Crippen LogP contribution in [-0.2, 0) is 22.6 Å². The fraction of sp³-hybridized carbons (Fsp3) is 0.316. The molecule has 5 heteroatoms. The number of rotatable bonds is 8. The Morgan fingerprint density at radius 3 is 2.17 bits per heavy atom.